The van der Waals surface area contributed by atoms with Gasteiger partial charge in [0.15, 0.2) is 0 Å². The van der Waals surface area contributed by atoms with Gasteiger partial charge in [-0.2, -0.15) is 35.3 Å². The Morgan fingerprint density at radius 1 is 0.316 bits per heavy atom. The Bertz CT molecular complexity index is 1240. The van der Waals surface area contributed by atoms with Crippen molar-refractivity contribution in [1.82, 2.24) is 0 Å². The Morgan fingerprint density at radius 2 is 0.579 bits per heavy atom. The van der Waals surface area contributed by atoms with Crippen molar-refractivity contribution in [2.75, 3.05) is 87.4 Å². The Morgan fingerprint density at radius 3 is 0.868 bits per heavy atom. The van der Waals surface area contributed by atoms with Crippen LogP contribution in [0, 0.1) is 23.2 Å². The summed E-state index contributed by atoms with van der Waals surface area (Å²) in [6, 6.07) is 0. The zero-order valence-electron chi connectivity index (χ0n) is 50.5. The van der Waals surface area contributed by atoms with E-state index < -0.39 is 5.41 Å². The van der Waals surface area contributed by atoms with Crippen molar-refractivity contribution in [2.45, 2.75) is 267 Å². The molecule has 0 aromatic carbocycles. The first-order chi connectivity index (χ1) is 36.9. The molecule has 0 unspecified atom stereocenters. The molecule has 0 aliphatic rings. The molecule has 0 aromatic heterocycles. The van der Waals surface area contributed by atoms with Crippen LogP contribution in [0.3, 0.4) is 0 Å². The van der Waals surface area contributed by atoms with Crippen LogP contribution < -0.4 is 0 Å². The van der Waals surface area contributed by atoms with Crippen molar-refractivity contribution in [3.8, 4) is 0 Å². The van der Waals surface area contributed by atoms with Crippen LogP contribution in [0.4, 0.5) is 0 Å². The molecule has 0 aromatic rings. The average molecular weight is 1130 g/mol. The van der Waals surface area contributed by atoms with Crippen LogP contribution in [-0.2, 0) is 47.6 Å². The maximum absolute atomic E-state index is 12.9. The first kappa shape index (κ1) is 74.8. The van der Waals surface area contributed by atoms with E-state index in [4.69, 9.17) is 28.4 Å². The standard InChI is InChI=1S/C63H120O10S3/c1-8-63(53-68-42-33-47-74-49-38-59(64)70-44-30-24-18-12-9-15-21-27-35-56(2)3,54-69-43-34-48-75-50-39-60(65)71-45-31-25-19-13-10-16-22-28-36-57(4)5)55-73-62(67)41-52-76-51-40-61(66)72-46-32-26-20-14-11-17-23-29-37-58(6)7/h56-58H,8-55H2,1-7H3. The van der Waals surface area contributed by atoms with E-state index in [1.807, 2.05) is 0 Å². The van der Waals surface area contributed by atoms with Gasteiger partial charge >= 0.3 is 23.9 Å². The minimum atomic E-state index is -0.478. The van der Waals surface area contributed by atoms with Gasteiger partial charge in [-0.05, 0) is 67.8 Å². The first-order valence-corrected chi connectivity index (χ1v) is 34.9. The lowest BCUT2D eigenvalue weighted by molar-refractivity contribution is -0.151. The van der Waals surface area contributed by atoms with Gasteiger partial charge < -0.3 is 28.4 Å². The highest BCUT2D eigenvalue weighted by atomic mass is 32.2. The van der Waals surface area contributed by atoms with E-state index in [1.165, 1.54) is 135 Å². The van der Waals surface area contributed by atoms with Crippen LogP contribution in [-0.4, -0.2) is 111 Å². The first-order valence-electron chi connectivity index (χ1n) is 31.4. The van der Waals surface area contributed by atoms with Crippen molar-refractivity contribution in [3.63, 3.8) is 0 Å². The number of rotatable bonds is 60. The van der Waals surface area contributed by atoms with Crippen LogP contribution in [0.5, 0.6) is 0 Å². The summed E-state index contributed by atoms with van der Waals surface area (Å²) in [5.41, 5.74) is -0.478. The summed E-state index contributed by atoms with van der Waals surface area (Å²) in [4.78, 5) is 49.8. The number of ether oxygens (including phenoxy) is 6. The topological polar surface area (TPSA) is 124 Å². The number of carbonyl (C=O) groups is 4. The van der Waals surface area contributed by atoms with Crippen molar-refractivity contribution in [3.05, 3.63) is 0 Å². The molecule has 0 atom stereocenters. The predicted molar refractivity (Wildman–Crippen MR) is 327 cm³/mol. The number of unbranched alkanes of at least 4 members (excludes halogenated alkanes) is 21. The molecule has 0 aliphatic heterocycles. The van der Waals surface area contributed by atoms with Crippen molar-refractivity contribution in [1.29, 1.82) is 0 Å². The van der Waals surface area contributed by atoms with Crippen LogP contribution in [0.15, 0.2) is 0 Å². The summed E-state index contributed by atoms with van der Waals surface area (Å²) in [5.74, 6) is 6.22. The van der Waals surface area contributed by atoms with Gasteiger partial charge in [-0.25, -0.2) is 0 Å². The number of thioether (sulfide) groups is 3. The van der Waals surface area contributed by atoms with E-state index in [0.29, 0.717) is 77.0 Å². The lowest BCUT2D eigenvalue weighted by Crippen LogP contribution is -2.38. The fourth-order valence-corrected chi connectivity index (χ4v) is 11.2. The SMILES string of the molecule is CCC(COCCCSCCC(=O)OCCCCCCCCCCC(C)C)(COCCCSCCC(=O)OCCCCCCCCCCC(C)C)COC(=O)CCSCCC(=O)OCCCCCCCCCCC(C)C. The molecule has 10 nitrogen and oxygen atoms in total. The highest BCUT2D eigenvalue weighted by Crippen LogP contribution is 2.26. The molecule has 450 valence electrons. The van der Waals surface area contributed by atoms with Crippen LogP contribution in [0.1, 0.15) is 267 Å². The highest BCUT2D eigenvalue weighted by molar-refractivity contribution is 7.99. The zero-order valence-corrected chi connectivity index (χ0v) is 52.9. The molecule has 0 heterocycles. The second kappa shape index (κ2) is 57.1. The molecule has 0 saturated heterocycles. The predicted octanol–water partition coefficient (Wildman–Crippen LogP) is 17.6. The second-order valence-corrected chi connectivity index (χ2v) is 26.5. The molecule has 0 N–H and O–H groups in total. The molecule has 0 fully saturated rings. The number of esters is 4. The molecule has 0 radical (unpaired) electrons. The fraction of sp³-hybridized carbons (Fsp3) is 0.937. The van der Waals surface area contributed by atoms with Crippen LogP contribution in [0.2, 0.25) is 0 Å². The largest absolute Gasteiger partial charge is 0.466 e. The molecule has 76 heavy (non-hydrogen) atoms. The zero-order chi connectivity index (χ0) is 55.8. The second-order valence-electron chi connectivity index (χ2n) is 22.9. The third-order valence-electron chi connectivity index (χ3n) is 13.9. The summed E-state index contributed by atoms with van der Waals surface area (Å²) < 4.78 is 34.7. The van der Waals surface area contributed by atoms with Gasteiger partial charge in [-0.1, -0.05) is 203 Å². The summed E-state index contributed by atoms with van der Waals surface area (Å²) in [6.45, 7) is 19.6. The lowest BCUT2D eigenvalue weighted by atomic mass is 9.88. The van der Waals surface area contributed by atoms with E-state index in [9.17, 15) is 19.2 Å². The minimum absolute atomic E-state index is 0.109. The molecular formula is C63H120O10S3. The van der Waals surface area contributed by atoms with Gasteiger partial charge in [0.2, 0.25) is 0 Å². The molecule has 0 bridgehead atoms. The summed E-state index contributed by atoms with van der Waals surface area (Å²) in [7, 11) is 0. The van der Waals surface area contributed by atoms with E-state index in [1.54, 1.807) is 35.3 Å². The van der Waals surface area contributed by atoms with Crippen LogP contribution >= 0.6 is 35.3 Å². The minimum Gasteiger partial charge on any atom is -0.466 e. The van der Waals surface area contributed by atoms with Crippen molar-refractivity contribution < 1.29 is 47.6 Å². The van der Waals surface area contributed by atoms with Gasteiger partial charge in [0.05, 0.1) is 64.1 Å². The molecule has 0 saturated carbocycles. The Kier molecular flexibility index (Phi) is 56.2. The van der Waals surface area contributed by atoms with Gasteiger partial charge in [0.25, 0.3) is 0 Å². The van der Waals surface area contributed by atoms with Gasteiger partial charge in [-0.3, -0.25) is 19.2 Å². The van der Waals surface area contributed by atoms with Gasteiger partial charge in [0.1, 0.15) is 6.61 Å². The monoisotopic (exact) mass is 1130 g/mol. The van der Waals surface area contributed by atoms with Crippen molar-refractivity contribution >= 4 is 59.2 Å². The molecular weight excluding hydrogens is 1010 g/mol. The summed E-state index contributed by atoms with van der Waals surface area (Å²) in [5, 5.41) is 0. The lowest BCUT2D eigenvalue weighted by Gasteiger charge is -2.32. The van der Waals surface area contributed by atoms with E-state index >= 15 is 0 Å². The normalized spacial score (nSPS) is 11.8. The quantitative estimate of drug-likeness (QED) is 0.0326. The average Bonchev–Trinajstić information content (AvgIpc) is 3.38. The number of carbonyl (C=O) groups excluding carboxylic acids is 4. The molecule has 0 amide bonds. The molecule has 0 aliphatic carbocycles. The molecule has 0 rings (SSSR count). The highest BCUT2D eigenvalue weighted by Gasteiger charge is 2.31. The molecule has 13 heteroatoms. The summed E-state index contributed by atoms with van der Waals surface area (Å²) >= 11 is 5.06. The summed E-state index contributed by atoms with van der Waals surface area (Å²) in [6.07, 6.45) is 37.5. The Hall–Kier alpha value is -1.15. The number of hydrogen-bond donors (Lipinski definition) is 0. The fourth-order valence-electron chi connectivity index (χ4n) is 8.69. The van der Waals surface area contributed by atoms with E-state index in [-0.39, 0.29) is 36.9 Å². The van der Waals surface area contributed by atoms with Gasteiger partial charge in [0, 0.05) is 36.2 Å². The smallest absolute Gasteiger partial charge is 0.306 e. The van der Waals surface area contributed by atoms with Crippen LogP contribution in [0.25, 0.3) is 0 Å². The third-order valence-corrected chi connectivity index (χ3v) is 17.0. The van der Waals surface area contributed by atoms with E-state index in [2.05, 4.69) is 48.5 Å². The maximum atomic E-state index is 12.9. The third kappa shape index (κ3) is 56.1. The van der Waals surface area contributed by atoms with Gasteiger partial charge in [-0.15, -0.1) is 0 Å². The maximum Gasteiger partial charge on any atom is 0.306 e. The van der Waals surface area contributed by atoms with E-state index in [0.717, 1.165) is 98.6 Å². The molecule has 0 spiro atoms. The van der Waals surface area contributed by atoms with Crippen molar-refractivity contribution in [2.24, 2.45) is 23.2 Å². The Labute approximate surface area is 481 Å². The number of hydrogen-bond acceptors (Lipinski definition) is 13. The Balaban J connectivity index is 4.51.